The maximum atomic E-state index is 12.9. The minimum absolute atomic E-state index is 0.115. The molecule has 0 aromatic heterocycles. The molecule has 0 saturated carbocycles. The average Bonchev–Trinajstić information content (AvgIpc) is 2.63. The summed E-state index contributed by atoms with van der Waals surface area (Å²) in [6.07, 6.45) is -2.32. The van der Waals surface area contributed by atoms with Crippen LogP contribution in [0.4, 0.5) is 8.78 Å². The summed E-state index contributed by atoms with van der Waals surface area (Å²) < 4.78 is 34.8. The molecule has 17 heavy (non-hydrogen) atoms. The highest BCUT2D eigenvalue weighted by atomic mass is 32.2. The second kappa shape index (κ2) is 4.24. The first kappa shape index (κ1) is 11.5. The van der Waals surface area contributed by atoms with Gasteiger partial charge in [-0.15, -0.1) is 32.3 Å². The van der Waals surface area contributed by atoms with Gasteiger partial charge < -0.3 is 9.47 Å². The van der Waals surface area contributed by atoms with Gasteiger partial charge in [-0.25, -0.2) is 0 Å². The molecule has 2 heterocycles. The van der Waals surface area contributed by atoms with Crippen molar-refractivity contribution in [3.63, 3.8) is 0 Å². The van der Waals surface area contributed by atoms with Crippen molar-refractivity contribution in [1.82, 2.24) is 0 Å². The third-order valence-corrected chi connectivity index (χ3v) is 5.54. The van der Waals surface area contributed by atoms with Crippen molar-refractivity contribution in [3.05, 3.63) is 23.8 Å². The van der Waals surface area contributed by atoms with Crippen molar-refractivity contribution in [2.45, 2.75) is 17.3 Å². The average molecular weight is 276 g/mol. The van der Waals surface area contributed by atoms with Gasteiger partial charge in [0.15, 0.2) is 11.5 Å². The highest BCUT2D eigenvalue weighted by Gasteiger charge is 2.43. The molecular weight excluding hydrogens is 266 g/mol. The molecule has 0 radical (unpaired) electrons. The summed E-state index contributed by atoms with van der Waals surface area (Å²) in [5.74, 6) is 2.48. The first-order chi connectivity index (χ1) is 8.14. The molecule has 92 valence electrons. The van der Waals surface area contributed by atoms with Gasteiger partial charge in [0.25, 0.3) is 0 Å². The van der Waals surface area contributed by atoms with Crippen LogP contribution in [0.5, 0.6) is 11.5 Å². The van der Waals surface area contributed by atoms with Gasteiger partial charge in [0.1, 0.15) is 0 Å². The topological polar surface area (TPSA) is 18.5 Å². The predicted molar refractivity (Wildman–Crippen MR) is 64.9 cm³/mol. The Morgan fingerprint density at radius 1 is 1.12 bits per heavy atom. The molecule has 1 fully saturated rings. The zero-order chi connectivity index (χ0) is 11.9. The molecule has 3 rings (SSSR count). The monoisotopic (exact) mass is 276 g/mol. The van der Waals surface area contributed by atoms with E-state index in [0.717, 1.165) is 17.1 Å². The summed E-state index contributed by atoms with van der Waals surface area (Å²) in [7, 11) is 0. The number of alkyl halides is 2. The zero-order valence-electron chi connectivity index (χ0n) is 8.82. The Hall–Kier alpha value is -0.620. The highest BCUT2D eigenvalue weighted by molar-refractivity contribution is 8.16. The summed E-state index contributed by atoms with van der Waals surface area (Å²) in [5.41, 5.74) is 1.01. The molecule has 0 amide bonds. The number of ether oxygens (including phenoxy) is 2. The van der Waals surface area contributed by atoms with E-state index >= 15 is 0 Å². The molecule has 0 bridgehead atoms. The number of thioether (sulfide) groups is 2. The summed E-state index contributed by atoms with van der Waals surface area (Å²) >= 11 is 3.68. The van der Waals surface area contributed by atoms with Gasteiger partial charge >= 0.3 is 6.29 Å². The molecule has 2 nitrogen and oxygen atoms in total. The fourth-order valence-corrected chi connectivity index (χ4v) is 4.67. The van der Waals surface area contributed by atoms with E-state index in [4.69, 9.17) is 0 Å². The summed E-state index contributed by atoms with van der Waals surface area (Å²) in [5, 5.41) is 0. The molecule has 0 spiro atoms. The fraction of sp³-hybridized carbons (Fsp3) is 0.455. The van der Waals surface area contributed by atoms with Crippen molar-refractivity contribution in [1.29, 1.82) is 0 Å². The first-order valence-electron chi connectivity index (χ1n) is 5.27. The third kappa shape index (κ3) is 2.33. The maximum Gasteiger partial charge on any atom is 0.586 e. The lowest BCUT2D eigenvalue weighted by Gasteiger charge is -2.21. The van der Waals surface area contributed by atoms with Crippen LogP contribution < -0.4 is 9.47 Å². The van der Waals surface area contributed by atoms with Gasteiger partial charge in [0.05, 0.1) is 4.58 Å². The van der Waals surface area contributed by atoms with Crippen molar-refractivity contribution in [2.24, 2.45) is 0 Å². The molecule has 1 aromatic rings. The van der Waals surface area contributed by atoms with Gasteiger partial charge in [-0.05, 0) is 35.6 Å². The second-order valence-electron chi connectivity index (χ2n) is 3.80. The Balaban J connectivity index is 1.85. The molecule has 6 heteroatoms. The van der Waals surface area contributed by atoms with Gasteiger partial charge in [0, 0.05) is 0 Å². The smallest absolute Gasteiger partial charge is 0.395 e. The Kier molecular flexibility index (Phi) is 2.86. The standard InChI is InChI=1S/C11H10F2O2S2/c12-11(13)14-8-3-2-7(6-9(8)15-11)10-16-4-1-5-17-10/h2-3,6,10H,1,4-5H2. The molecule has 1 saturated heterocycles. The van der Waals surface area contributed by atoms with E-state index in [9.17, 15) is 8.78 Å². The Morgan fingerprint density at radius 3 is 2.59 bits per heavy atom. The van der Waals surface area contributed by atoms with Crippen LogP contribution in [0.1, 0.15) is 16.6 Å². The molecule has 1 aromatic carbocycles. The van der Waals surface area contributed by atoms with E-state index in [-0.39, 0.29) is 11.5 Å². The maximum absolute atomic E-state index is 12.9. The van der Waals surface area contributed by atoms with Crippen molar-refractivity contribution in [3.8, 4) is 11.5 Å². The molecular formula is C11H10F2O2S2. The van der Waals surface area contributed by atoms with Crippen LogP contribution >= 0.6 is 23.5 Å². The minimum Gasteiger partial charge on any atom is -0.395 e. The largest absolute Gasteiger partial charge is 0.586 e. The van der Waals surface area contributed by atoms with Gasteiger partial charge in [-0.2, -0.15) is 0 Å². The van der Waals surface area contributed by atoms with Gasteiger partial charge in [0.2, 0.25) is 0 Å². The Bertz CT molecular complexity index is 433. The van der Waals surface area contributed by atoms with E-state index in [1.807, 2.05) is 29.6 Å². The minimum atomic E-state index is -3.52. The van der Waals surface area contributed by atoms with E-state index in [1.54, 1.807) is 12.1 Å². The van der Waals surface area contributed by atoms with Crippen LogP contribution in [0.15, 0.2) is 18.2 Å². The number of benzene rings is 1. The third-order valence-electron chi connectivity index (χ3n) is 2.52. The molecule has 2 aliphatic rings. The number of hydrogen-bond acceptors (Lipinski definition) is 4. The lowest BCUT2D eigenvalue weighted by molar-refractivity contribution is -0.286. The Morgan fingerprint density at radius 2 is 1.82 bits per heavy atom. The van der Waals surface area contributed by atoms with Crippen LogP contribution in [0, 0.1) is 0 Å². The van der Waals surface area contributed by atoms with E-state index < -0.39 is 6.29 Å². The Labute approximate surface area is 106 Å². The lowest BCUT2D eigenvalue weighted by Crippen LogP contribution is -2.25. The fourth-order valence-electron chi connectivity index (χ4n) is 1.79. The van der Waals surface area contributed by atoms with E-state index in [0.29, 0.717) is 4.58 Å². The SMILES string of the molecule is FC1(F)Oc2ccc(C3SCCCS3)cc2O1. The van der Waals surface area contributed by atoms with E-state index in [2.05, 4.69) is 9.47 Å². The number of halogens is 2. The quantitative estimate of drug-likeness (QED) is 0.774. The number of fused-ring (bicyclic) bond motifs is 1. The number of hydrogen-bond donors (Lipinski definition) is 0. The van der Waals surface area contributed by atoms with Gasteiger partial charge in [-0.1, -0.05) is 6.07 Å². The predicted octanol–water partition coefficient (Wildman–Crippen LogP) is 3.88. The zero-order valence-corrected chi connectivity index (χ0v) is 10.5. The van der Waals surface area contributed by atoms with Crippen LogP contribution in [0.3, 0.4) is 0 Å². The van der Waals surface area contributed by atoms with Crippen molar-refractivity contribution >= 4 is 23.5 Å². The molecule has 0 atom stereocenters. The molecule has 2 aliphatic heterocycles. The lowest BCUT2D eigenvalue weighted by atomic mass is 10.2. The van der Waals surface area contributed by atoms with Crippen LogP contribution in [0.2, 0.25) is 0 Å². The summed E-state index contributed by atoms with van der Waals surface area (Å²) in [6, 6.07) is 5.05. The van der Waals surface area contributed by atoms with Crippen molar-refractivity contribution < 1.29 is 18.3 Å². The number of rotatable bonds is 1. The molecule has 0 aliphatic carbocycles. The van der Waals surface area contributed by atoms with Crippen LogP contribution in [-0.4, -0.2) is 17.8 Å². The second-order valence-corrected chi connectivity index (χ2v) is 6.53. The summed E-state index contributed by atoms with van der Waals surface area (Å²) in [4.78, 5) is 0. The van der Waals surface area contributed by atoms with Crippen LogP contribution in [0.25, 0.3) is 0 Å². The first-order valence-corrected chi connectivity index (χ1v) is 7.37. The molecule has 0 N–H and O–H groups in total. The molecule has 0 unspecified atom stereocenters. The van der Waals surface area contributed by atoms with Crippen molar-refractivity contribution in [2.75, 3.05) is 11.5 Å². The summed E-state index contributed by atoms with van der Waals surface area (Å²) in [6.45, 7) is 0. The highest BCUT2D eigenvalue weighted by Crippen LogP contribution is 2.48. The van der Waals surface area contributed by atoms with Gasteiger partial charge in [-0.3, -0.25) is 0 Å². The van der Waals surface area contributed by atoms with E-state index in [1.165, 1.54) is 6.42 Å². The normalized spacial score (nSPS) is 22.7. The van der Waals surface area contributed by atoms with Crippen LogP contribution in [-0.2, 0) is 0 Å².